The Balaban J connectivity index is 6.91. The molecule has 0 bridgehead atoms. The van der Waals surface area contributed by atoms with Gasteiger partial charge in [-0.1, -0.05) is 389 Å². The van der Waals surface area contributed by atoms with E-state index in [4.69, 9.17) is 0 Å². The van der Waals surface area contributed by atoms with Crippen LogP contribution < -0.4 is 0 Å². The van der Waals surface area contributed by atoms with Crippen LogP contribution in [0.4, 0.5) is 0 Å². The van der Waals surface area contributed by atoms with E-state index < -0.39 is 0 Å². The predicted octanol–water partition coefficient (Wildman–Crippen LogP) is 26.7. The van der Waals surface area contributed by atoms with E-state index >= 15 is 0 Å². The van der Waals surface area contributed by atoms with Gasteiger partial charge in [0.1, 0.15) is 0 Å². The summed E-state index contributed by atoms with van der Waals surface area (Å²) in [7, 11) is 0. The summed E-state index contributed by atoms with van der Waals surface area (Å²) in [6, 6.07) is 0. The van der Waals surface area contributed by atoms with E-state index in [1.165, 1.54) is 353 Å². The van der Waals surface area contributed by atoms with Crippen molar-refractivity contribution in [2.24, 2.45) is 16.2 Å². The van der Waals surface area contributed by atoms with Gasteiger partial charge in [0.05, 0.1) is 0 Å². The maximum Gasteiger partial charge on any atom is -0.0190 e. The van der Waals surface area contributed by atoms with Gasteiger partial charge in [0.2, 0.25) is 0 Å². The standard InChI is InChI=1S/C69H140/c1-9-15-21-27-32-37-40-43-47-52-58-64-68(62-56-50-45-41-35-30-24-18-12-4,63-57-51-46-42-38-33-28-22-16-10-2)69(67(7,8)61-55-26-20-14-6,65-59-53-48-36-31-25-19-13-5)66-60-54-49-44-39-34-29-23-17-11-3/h9-66H2,1-8H3. The molecule has 0 heteroatoms. The fourth-order valence-electron chi connectivity index (χ4n) is 13.7. The van der Waals surface area contributed by atoms with Crippen molar-refractivity contribution in [1.82, 2.24) is 0 Å². The fourth-order valence-corrected chi connectivity index (χ4v) is 13.7. The molecule has 0 aliphatic carbocycles. The Morgan fingerprint density at radius 1 is 0.159 bits per heavy atom. The van der Waals surface area contributed by atoms with Gasteiger partial charge in [0.15, 0.2) is 0 Å². The summed E-state index contributed by atoms with van der Waals surface area (Å²) in [5.74, 6) is 0. The zero-order valence-corrected chi connectivity index (χ0v) is 50.5. The third kappa shape index (κ3) is 38.2. The van der Waals surface area contributed by atoms with E-state index in [2.05, 4.69) is 55.4 Å². The van der Waals surface area contributed by atoms with Crippen molar-refractivity contribution in [1.29, 1.82) is 0 Å². The Morgan fingerprint density at radius 3 is 0.507 bits per heavy atom. The lowest BCUT2D eigenvalue weighted by atomic mass is 9.44. The van der Waals surface area contributed by atoms with Crippen LogP contribution in [0.3, 0.4) is 0 Å². The molecule has 2 atom stereocenters. The Hall–Kier alpha value is 0. The maximum absolute atomic E-state index is 2.89. The lowest BCUT2D eigenvalue weighted by molar-refractivity contribution is -0.114. The third-order valence-corrected chi connectivity index (χ3v) is 18.4. The van der Waals surface area contributed by atoms with Crippen LogP contribution in [0.5, 0.6) is 0 Å². The van der Waals surface area contributed by atoms with Gasteiger partial charge in [-0.05, 0) is 54.8 Å². The van der Waals surface area contributed by atoms with Crippen LogP contribution in [0.25, 0.3) is 0 Å². The topological polar surface area (TPSA) is 0 Å². The van der Waals surface area contributed by atoms with Crippen molar-refractivity contribution in [3.63, 3.8) is 0 Å². The van der Waals surface area contributed by atoms with Crippen LogP contribution in [-0.2, 0) is 0 Å². The van der Waals surface area contributed by atoms with Crippen LogP contribution in [0.2, 0.25) is 0 Å². The van der Waals surface area contributed by atoms with Gasteiger partial charge in [-0.15, -0.1) is 0 Å². The molecule has 0 aliphatic rings. The zero-order chi connectivity index (χ0) is 50.5. The maximum atomic E-state index is 2.89. The van der Waals surface area contributed by atoms with Crippen molar-refractivity contribution in [3.05, 3.63) is 0 Å². The molecule has 0 aromatic heterocycles. The lowest BCUT2D eigenvalue weighted by Crippen LogP contribution is -2.52. The highest BCUT2D eigenvalue weighted by atomic mass is 14.6. The van der Waals surface area contributed by atoms with Gasteiger partial charge in [-0.25, -0.2) is 0 Å². The van der Waals surface area contributed by atoms with E-state index in [1.54, 1.807) is 19.3 Å². The van der Waals surface area contributed by atoms with E-state index in [-0.39, 0.29) is 0 Å². The molecule has 0 spiro atoms. The average molecular weight is 970 g/mol. The number of hydrogen-bond acceptors (Lipinski definition) is 0. The second kappa shape index (κ2) is 52.8. The van der Waals surface area contributed by atoms with Crippen molar-refractivity contribution in [2.45, 2.75) is 428 Å². The van der Waals surface area contributed by atoms with Crippen LogP contribution in [0.15, 0.2) is 0 Å². The highest BCUT2D eigenvalue weighted by Crippen LogP contribution is 2.65. The Morgan fingerprint density at radius 2 is 0.304 bits per heavy atom. The number of unbranched alkanes of at least 4 members (excludes halogenated alkanes) is 46. The molecule has 0 radical (unpaired) electrons. The molecule has 0 N–H and O–H groups in total. The molecule has 0 nitrogen and oxygen atoms in total. The summed E-state index contributed by atoms with van der Waals surface area (Å²) in [6.45, 7) is 20.0. The minimum atomic E-state index is 0.399. The van der Waals surface area contributed by atoms with Crippen LogP contribution >= 0.6 is 0 Å². The lowest BCUT2D eigenvalue weighted by Gasteiger charge is -2.61. The van der Waals surface area contributed by atoms with Crippen LogP contribution in [0.1, 0.15) is 428 Å². The normalized spacial score (nSPS) is 13.9. The van der Waals surface area contributed by atoms with Gasteiger partial charge in [0.25, 0.3) is 0 Å². The molecule has 0 saturated carbocycles. The minimum absolute atomic E-state index is 0.399. The predicted molar refractivity (Wildman–Crippen MR) is 320 cm³/mol. The third-order valence-electron chi connectivity index (χ3n) is 18.4. The summed E-state index contributed by atoms with van der Waals surface area (Å²) < 4.78 is 0. The number of hydrogen-bond donors (Lipinski definition) is 0. The molecular weight excluding hydrogens is 829 g/mol. The summed E-state index contributed by atoms with van der Waals surface area (Å²) in [5, 5.41) is 0. The molecule has 0 amide bonds. The summed E-state index contributed by atoms with van der Waals surface area (Å²) >= 11 is 0. The second-order valence-corrected chi connectivity index (χ2v) is 25.0. The van der Waals surface area contributed by atoms with Crippen molar-refractivity contribution in [3.8, 4) is 0 Å². The van der Waals surface area contributed by atoms with Gasteiger partial charge in [-0.2, -0.15) is 0 Å². The largest absolute Gasteiger partial charge is 0.0654 e. The van der Waals surface area contributed by atoms with Crippen molar-refractivity contribution in [2.75, 3.05) is 0 Å². The monoisotopic (exact) mass is 969 g/mol. The van der Waals surface area contributed by atoms with Crippen molar-refractivity contribution >= 4 is 0 Å². The Labute approximate surface area is 442 Å². The van der Waals surface area contributed by atoms with Gasteiger partial charge >= 0.3 is 0 Å². The minimum Gasteiger partial charge on any atom is -0.0654 e. The molecule has 0 aromatic rings. The first-order valence-corrected chi connectivity index (χ1v) is 33.9. The molecule has 0 saturated heterocycles. The van der Waals surface area contributed by atoms with Crippen molar-refractivity contribution < 1.29 is 0 Å². The molecule has 0 aromatic carbocycles. The van der Waals surface area contributed by atoms with E-state index in [0.29, 0.717) is 16.2 Å². The first-order valence-electron chi connectivity index (χ1n) is 33.9. The number of rotatable bonds is 60. The first kappa shape index (κ1) is 69.0. The molecule has 0 fully saturated rings. The second-order valence-electron chi connectivity index (χ2n) is 25.0. The van der Waals surface area contributed by atoms with E-state index in [9.17, 15) is 0 Å². The first-order chi connectivity index (χ1) is 33.9. The highest BCUT2D eigenvalue weighted by Gasteiger charge is 2.56. The van der Waals surface area contributed by atoms with Gasteiger partial charge < -0.3 is 0 Å². The van der Waals surface area contributed by atoms with Gasteiger partial charge in [0, 0.05) is 0 Å². The van der Waals surface area contributed by atoms with Crippen LogP contribution in [-0.4, -0.2) is 0 Å². The quantitative estimate of drug-likeness (QED) is 0.0533. The van der Waals surface area contributed by atoms with Crippen LogP contribution in [0, 0.1) is 16.2 Å². The molecule has 416 valence electrons. The smallest absolute Gasteiger partial charge is 0.0190 e. The van der Waals surface area contributed by atoms with Gasteiger partial charge in [-0.3, -0.25) is 0 Å². The van der Waals surface area contributed by atoms with E-state index in [1.807, 2.05) is 0 Å². The molecule has 2 unspecified atom stereocenters. The molecule has 0 aliphatic heterocycles. The fraction of sp³-hybridized carbons (Fsp3) is 1.00. The zero-order valence-electron chi connectivity index (χ0n) is 50.5. The highest BCUT2D eigenvalue weighted by molar-refractivity contribution is 5.05. The Kier molecular flexibility index (Phi) is 52.8. The molecule has 69 heavy (non-hydrogen) atoms. The molecular formula is C69H140. The van der Waals surface area contributed by atoms with E-state index in [0.717, 1.165) is 0 Å². The molecule has 0 rings (SSSR count). The molecule has 0 heterocycles. The average Bonchev–Trinajstić information content (AvgIpc) is 3.35. The summed E-state index contributed by atoms with van der Waals surface area (Å²) in [6.07, 6.45) is 85.3. The summed E-state index contributed by atoms with van der Waals surface area (Å²) in [5.41, 5.74) is 1.37. The summed E-state index contributed by atoms with van der Waals surface area (Å²) in [4.78, 5) is 0. The Bertz CT molecular complexity index is 946. The SMILES string of the molecule is CCCCCCCCCCCCCC(CCCCCCCCCCC)(CCCCCCCCCCCC)C(CCCCCCCCCC)(CCCCCCCCCCCC)C(C)(C)CCCCCC.